The highest BCUT2D eigenvalue weighted by atomic mass is 16.5. The highest BCUT2D eigenvalue weighted by Crippen LogP contribution is 2.33. The van der Waals surface area contributed by atoms with Gasteiger partial charge in [0, 0.05) is 18.7 Å². The van der Waals surface area contributed by atoms with Crippen molar-refractivity contribution in [2.45, 2.75) is 38.1 Å². The second kappa shape index (κ2) is 6.03. The summed E-state index contributed by atoms with van der Waals surface area (Å²) in [5, 5.41) is 0. The van der Waals surface area contributed by atoms with Gasteiger partial charge in [0.25, 0.3) is 0 Å². The summed E-state index contributed by atoms with van der Waals surface area (Å²) < 4.78 is 7.72. The molecule has 118 valence electrons. The summed E-state index contributed by atoms with van der Waals surface area (Å²) in [5.74, 6) is 2.00. The molecule has 4 rings (SSSR count). The molecular formula is C19H21N3O. The van der Waals surface area contributed by atoms with Gasteiger partial charge in [-0.2, -0.15) is 0 Å². The Bertz CT molecular complexity index is 818. The molecule has 0 radical (unpaired) electrons. The number of methoxy groups -OCH3 is 1. The molecule has 0 spiro atoms. The number of ether oxygens (including phenoxy) is 1. The van der Waals surface area contributed by atoms with Gasteiger partial charge in [-0.25, -0.2) is 9.97 Å². The Balaban J connectivity index is 1.77. The maximum atomic E-state index is 5.34. The van der Waals surface area contributed by atoms with E-state index in [1.54, 1.807) is 7.11 Å². The van der Waals surface area contributed by atoms with Gasteiger partial charge in [0.15, 0.2) is 5.65 Å². The lowest BCUT2D eigenvalue weighted by Crippen LogP contribution is -2.10. The molecule has 0 amide bonds. The number of pyridine rings is 1. The van der Waals surface area contributed by atoms with E-state index in [0.717, 1.165) is 29.2 Å². The lowest BCUT2D eigenvalue weighted by Gasteiger charge is -2.16. The van der Waals surface area contributed by atoms with E-state index in [4.69, 9.17) is 9.72 Å². The first kappa shape index (κ1) is 14.2. The number of hydrogen-bond acceptors (Lipinski definition) is 3. The minimum absolute atomic E-state index is 0.538. The third kappa shape index (κ3) is 2.69. The van der Waals surface area contributed by atoms with Gasteiger partial charge in [0.1, 0.15) is 17.1 Å². The molecule has 4 nitrogen and oxygen atoms in total. The van der Waals surface area contributed by atoms with Gasteiger partial charge < -0.3 is 9.30 Å². The fourth-order valence-corrected chi connectivity index (χ4v) is 3.61. The smallest absolute Gasteiger partial charge is 0.160 e. The number of nitrogens with zero attached hydrogens (tertiary/aromatic N) is 3. The van der Waals surface area contributed by atoms with Crippen LogP contribution in [-0.4, -0.2) is 21.6 Å². The summed E-state index contributed by atoms with van der Waals surface area (Å²) in [7, 11) is 1.71. The topological polar surface area (TPSA) is 39.9 Å². The zero-order valence-corrected chi connectivity index (χ0v) is 13.4. The van der Waals surface area contributed by atoms with Crippen LogP contribution < -0.4 is 4.74 Å². The number of benzene rings is 1. The van der Waals surface area contributed by atoms with Crippen LogP contribution in [0.3, 0.4) is 0 Å². The van der Waals surface area contributed by atoms with E-state index in [2.05, 4.69) is 27.8 Å². The molecule has 2 aromatic heterocycles. The average molecular weight is 307 g/mol. The van der Waals surface area contributed by atoms with Crippen molar-refractivity contribution in [3.8, 4) is 5.75 Å². The summed E-state index contributed by atoms with van der Waals surface area (Å²) >= 11 is 0. The van der Waals surface area contributed by atoms with Crippen molar-refractivity contribution in [3.63, 3.8) is 0 Å². The Kier molecular flexibility index (Phi) is 3.74. The number of imidazole rings is 1. The van der Waals surface area contributed by atoms with Crippen LogP contribution in [0.25, 0.3) is 11.2 Å². The van der Waals surface area contributed by atoms with Crippen LogP contribution >= 0.6 is 0 Å². The van der Waals surface area contributed by atoms with Gasteiger partial charge in [0.05, 0.1) is 7.11 Å². The molecule has 0 unspecified atom stereocenters. The van der Waals surface area contributed by atoms with Crippen LogP contribution in [0, 0.1) is 0 Å². The summed E-state index contributed by atoms with van der Waals surface area (Å²) in [6, 6.07) is 12.8. The maximum absolute atomic E-state index is 5.34. The molecule has 0 saturated heterocycles. The summed E-state index contributed by atoms with van der Waals surface area (Å²) in [5.41, 5.74) is 3.24. The van der Waals surface area contributed by atoms with Crippen LogP contribution in [0.15, 0.2) is 42.6 Å². The molecule has 0 aliphatic heterocycles. The number of rotatable bonds is 4. The van der Waals surface area contributed by atoms with Crippen LogP contribution in [0.1, 0.15) is 43.1 Å². The van der Waals surface area contributed by atoms with Crippen LogP contribution in [0.4, 0.5) is 0 Å². The van der Waals surface area contributed by atoms with Crippen LogP contribution in [-0.2, 0) is 6.42 Å². The van der Waals surface area contributed by atoms with Gasteiger partial charge >= 0.3 is 0 Å². The maximum Gasteiger partial charge on any atom is 0.160 e. The normalized spacial score (nSPS) is 15.3. The minimum Gasteiger partial charge on any atom is -0.497 e. The predicted molar refractivity (Wildman–Crippen MR) is 90.8 cm³/mol. The molecule has 4 heteroatoms. The number of aromatic nitrogens is 3. The van der Waals surface area contributed by atoms with E-state index in [0.29, 0.717) is 6.04 Å². The summed E-state index contributed by atoms with van der Waals surface area (Å²) in [6.07, 6.45) is 7.74. The van der Waals surface area contributed by atoms with Crippen molar-refractivity contribution in [1.29, 1.82) is 0 Å². The molecule has 3 aromatic rings. The second-order valence-electron chi connectivity index (χ2n) is 6.21. The Labute approximate surface area is 136 Å². The third-order valence-electron chi connectivity index (χ3n) is 4.71. The van der Waals surface area contributed by atoms with E-state index in [1.807, 2.05) is 24.4 Å². The van der Waals surface area contributed by atoms with E-state index < -0.39 is 0 Å². The largest absolute Gasteiger partial charge is 0.497 e. The molecule has 0 atom stereocenters. The SMILES string of the molecule is COc1cccc(Cc2nc3cccnc3n2C2CCCC2)c1. The molecule has 23 heavy (non-hydrogen) atoms. The zero-order chi connectivity index (χ0) is 15.6. The van der Waals surface area contributed by atoms with Crippen molar-refractivity contribution in [2.24, 2.45) is 0 Å². The molecule has 1 aromatic carbocycles. The van der Waals surface area contributed by atoms with Gasteiger partial charge in [-0.1, -0.05) is 25.0 Å². The molecular weight excluding hydrogens is 286 g/mol. The number of fused-ring (bicyclic) bond motifs is 1. The lowest BCUT2D eigenvalue weighted by molar-refractivity contribution is 0.414. The quantitative estimate of drug-likeness (QED) is 0.727. The number of hydrogen-bond donors (Lipinski definition) is 0. The monoisotopic (exact) mass is 307 g/mol. The first-order chi connectivity index (χ1) is 11.3. The van der Waals surface area contributed by atoms with Crippen molar-refractivity contribution < 1.29 is 4.74 Å². The molecule has 0 N–H and O–H groups in total. The Morgan fingerprint density at radius 1 is 1.17 bits per heavy atom. The Morgan fingerprint density at radius 2 is 2.04 bits per heavy atom. The van der Waals surface area contributed by atoms with Gasteiger partial charge in [-0.3, -0.25) is 0 Å². The van der Waals surface area contributed by atoms with Gasteiger partial charge in [-0.15, -0.1) is 0 Å². The van der Waals surface area contributed by atoms with E-state index >= 15 is 0 Å². The van der Waals surface area contributed by atoms with Crippen molar-refractivity contribution in [2.75, 3.05) is 7.11 Å². The lowest BCUT2D eigenvalue weighted by atomic mass is 10.1. The first-order valence-electron chi connectivity index (χ1n) is 8.30. The second-order valence-corrected chi connectivity index (χ2v) is 6.21. The standard InChI is InChI=1S/C19H21N3O/c1-23-16-9-4-6-14(12-16)13-18-21-17-10-5-11-20-19(17)22(18)15-7-2-3-8-15/h4-6,9-12,15H,2-3,7-8,13H2,1H3. The molecule has 0 bridgehead atoms. The first-order valence-corrected chi connectivity index (χ1v) is 8.30. The molecule has 1 fully saturated rings. The summed E-state index contributed by atoms with van der Waals surface area (Å²) in [4.78, 5) is 9.47. The van der Waals surface area contributed by atoms with Crippen LogP contribution in [0.5, 0.6) is 5.75 Å². The van der Waals surface area contributed by atoms with E-state index in [9.17, 15) is 0 Å². The molecule has 1 saturated carbocycles. The minimum atomic E-state index is 0.538. The van der Waals surface area contributed by atoms with Gasteiger partial charge in [0.2, 0.25) is 0 Å². The predicted octanol–water partition coefficient (Wildman–Crippen LogP) is 4.15. The van der Waals surface area contributed by atoms with Crippen molar-refractivity contribution in [3.05, 3.63) is 54.0 Å². The highest BCUT2D eigenvalue weighted by Gasteiger charge is 2.23. The fourth-order valence-electron chi connectivity index (χ4n) is 3.61. The van der Waals surface area contributed by atoms with Crippen molar-refractivity contribution in [1.82, 2.24) is 14.5 Å². The zero-order valence-electron chi connectivity index (χ0n) is 13.4. The summed E-state index contributed by atoms with van der Waals surface area (Å²) in [6.45, 7) is 0. The van der Waals surface area contributed by atoms with E-state index in [1.165, 1.54) is 31.2 Å². The van der Waals surface area contributed by atoms with Crippen LogP contribution in [0.2, 0.25) is 0 Å². The highest BCUT2D eigenvalue weighted by molar-refractivity contribution is 5.71. The van der Waals surface area contributed by atoms with Crippen molar-refractivity contribution >= 4 is 11.2 Å². The molecule has 1 aliphatic carbocycles. The molecule has 2 heterocycles. The Morgan fingerprint density at radius 3 is 2.87 bits per heavy atom. The fraction of sp³-hybridized carbons (Fsp3) is 0.368. The third-order valence-corrected chi connectivity index (χ3v) is 4.71. The van der Waals surface area contributed by atoms with Gasteiger partial charge in [-0.05, 0) is 42.7 Å². The molecule has 1 aliphatic rings. The average Bonchev–Trinajstić information content (AvgIpc) is 3.21. The van der Waals surface area contributed by atoms with E-state index in [-0.39, 0.29) is 0 Å². The Hall–Kier alpha value is -2.36.